The fraction of sp³-hybridized carbons (Fsp3) is 0.167. The zero-order valence-electron chi connectivity index (χ0n) is 10.0. The lowest BCUT2D eigenvalue weighted by atomic mass is 10.2. The van der Waals surface area contributed by atoms with Gasteiger partial charge in [-0.1, -0.05) is 0 Å². The molecular formula is C12H9Br2FN2O2S. The van der Waals surface area contributed by atoms with Crippen LogP contribution in [0, 0.1) is 15.9 Å². The van der Waals surface area contributed by atoms with Gasteiger partial charge in [0.05, 0.1) is 13.2 Å². The Morgan fingerprint density at radius 1 is 1.35 bits per heavy atom. The lowest BCUT2D eigenvalue weighted by Gasteiger charge is -2.07. The molecule has 1 aromatic carbocycles. The van der Waals surface area contributed by atoms with Crippen molar-refractivity contribution in [1.82, 2.24) is 0 Å². The van der Waals surface area contributed by atoms with Crippen LogP contribution in [-0.4, -0.2) is 11.5 Å². The maximum Gasteiger partial charge on any atom is 0.293 e. The van der Waals surface area contributed by atoms with E-state index in [0.717, 1.165) is 14.7 Å². The Kier molecular flexibility index (Phi) is 5.11. The van der Waals surface area contributed by atoms with Crippen molar-refractivity contribution in [3.8, 4) is 0 Å². The maximum atomic E-state index is 13.5. The van der Waals surface area contributed by atoms with Gasteiger partial charge in [-0.25, -0.2) is 4.39 Å². The van der Waals surface area contributed by atoms with E-state index in [9.17, 15) is 14.5 Å². The van der Waals surface area contributed by atoms with Crippen LogP contribution in [0.1, 0.15) is 4.88 Å². The number of benzene rings is 1. The number of nitrogens with one attached hydrogen (secondary N) is 1. The number of nitro groups is 1. The predicted octanol–water partition coefficient (Wildman–Crippen LogP) is 4.98. The van der Waals surface area contributed by atoms with Crippen molar-refractivity contribution in [3.05, 3.63) is 53.3 Å². The molecule has 8 heteroatoms. The van der Waals surface area contributed by atoms with Gasteiger partial charge in [-0.3, -0.25) is 10.1 Å². The Balaban J connectivity index is 2.08. The molecule has 0 fully saturated rings. The third-order valence-electron chi connectivity index (χ3n) is 2.55. The van der Waals surface area contributed by atoms with E-state index in [0.29, 0.717) is 13.0 Å². The number of hydrogen-bond acceptors (Lipinski definition) is 4. The summed E-state index contributed by atoms with van der Waals surface area (Å²) in [4.78, 5) is 11.5. The summed E-state index contributed by atoms with van der Waals surface area (Å²) in [7, 11) is 0. The van der Waals surface area contributed by atoms with Gasteiger partial charge >= 0.3 is 0 Å². The molecule has 0 spiro atoms. The van der Waals surface area contributed by atoms with Crippen molar-refractivity contribution in [2.75, 3.05) is 11.9 Å². The van der Waals surface area contributed by atoms with Gasteiger partial charge in [0, 0.05) is 23.6 Å². The Bertz CT molecular complexity index is 648. The van der Waals surface area contributed by atoms with Crippen LogP contribution >= 0.6 is 43.2 Å². The van der Waals surface area contributed by atoms with E-state index in [2.05, 4.69) is 37.2 Å². The zero-order chi connectivity index (χ0) is 14.7. The lowest BCUT2D eigenvalue weighted by Crippen LogP contribution is -2.06. The molecule has 20 heavy (non-hydrogen) atoms. The summed E-state index contributed by atoms with van der Waals surface area (Å²) >= 11 is 7.92. The summed E-state index contributed by atoms with van der Waals surface area (Å²) in [5, 5.41) is 13.8. The first-order chi connectivity index (χ1) is 9.47. The fourth-order valence-corrected chi connectivity index (χ4v) is 3.45. The topological polar surface area (TPSA) is 55.2 Å². The molecule has 0 saturated heterocycles. The summed E-state index contributed by atoms with van der Waals surface area (Å²) < 4.78 is 14.6. The minimum Gasteiger partial charge on any atom is -0.379 e. The Morgan fingerprint density at radius 3 is 2.70 bits per heavy atom. The first kappa shape index (κ1) is 15.4. The van der Waals surface area contributed by atoms with Gasteiger partial charge in [0.1, 0.15) is 11.5 Å². The van der Waals surface area contributed by atoms with Gasteiger partial charge in [0.15, 0.2) is 0 Å². The molecule has 0 aliphatic rings. The number of nitrogens with zero attached hydrogens (tertiary/aromatic N) is 1. The summed E-state index contributed by atoms with van der Waals surface area (Å²) in [5.74, 6) is -0.531. The summed E-state index contributed by atoms with van der Waals surface area (Å²) in [5.41, 5.74) is 0.0388. The van der Waals surface area contributed by atoms with Crippen LogP contribution in [0.3, 0.4) is 0 Å². The molecule has 1 heterocycles. The van der Waals surface area contributed by atoms with E-state index in [1.54, 1.807) is 11.3 Å². The molecule has 1 aromatic heterocycles. The van der Waals surface area contributed by atoms with Crippen LogP contribution in [0.5, 0.6) is 0 Å². The monoisotopic (exact) mass is 422 g/mol. The second-order valence-corrected chi connectivity index (χ2v) is 7.33. The van der Waals surface area contributed by atoms with Crippen molar-refractivity contribution >= 4 is 54.6 Å². The third-order valence-corrected chi connectivity index (χ3v) is 4.84. The Hall–Kier alpha value is -0.990. The molecule has 0 saturated carbocycles. The highest BCUT2D eigenvalue weighted by atomic mass is 79.9. The lowest BCUT2D eigenvalue weighted by molar-refractivity contribution is -0.384. The van der Waals surface area contributed by atoms with Gasteiger partial charge < -0.3 is 5.32 Å². The third kappa shape index (κ3) is 3.77. The molecule has 0 radical (unpaired) electrons. The molecule has 0 bridgehead atoms. The molecule has 4 nitrogen and oxygen atoms in total. The van der Waals surface area contributed by atoms with Gasteiger partial charge in [-0.15, -0.1) is 11.3 Å². The van der Waals surface area contributed by atoms with Crippen LogP contribution in [0.2, 0.25) is 0 Å². The minimum absolute atomic E-state index is 0.0805. The standard InChI is InChI=1S/C12H9Br2FN2O2S/c13-8-5-11(17(18)19)10(6-9(8)15)16-4-3-7-1-2-12(14)20-7/h1-2,5-6,16H,3-4H2. The minimum atomic E-state index is -0.533. The van der Waals surface area contributed by atoms with Gasteiger partial charge in [0.25, 0.3) is 5.69 Å². The first-order valence-corrected chi connectivity index (χ1v) is 7.99. The number of thiophene rings is 1. The maximum absolute atomic E-state index is 13.5. The number of halogens is 3. The van der Waals surface area contributed by atoms with E-state index in [4.69, 9.17) is 0 Å². The molecule has 0 amide bonds. The smallest absolute Gasteiger partial charge is 0.293 e. The normalized spacial score (nSPS) is 10.6. The molecule has 1 N–H and O–H groups in total. The van der Waals surface area contributed by atoms with E-state index in [1.807, 2.05) is 12.1 Å². The van der Waals surface area contributed by atoms with Crippen molar-refractivity contribution in [1.29, 1.82) is 0 Å². The van der Waals surface area contributed by atoms with Crippen LogP contribution in [-0.2, 0) is 6.42 Å². The van der Waals surface area contributed by atoms with Crippen molar-refractivity contribution in [2.24, 2.45) is 0 Å². The first-order valence-electron chi connectivity index (χ1n) is 5.59. The van der Waals surface area contributed by atoms with Gasteiger partial charge in [-0.2, -0.15) is 0 Å². The molecule has 0 aliphatic carbocycles. The van der Waals surface area contributed by atoms with Crippen molar-refractivity contribution < 1.29 is 9.31 Å². The van der Waals surface area contributed by atoms with Gasteiger partial charge in [-0.05, 0) is 50.4 Å². The zero-order valence-corrected chi connectivity index (χ0v) is 14.0. The van der Waals surface area contributed by atoms with E-state index in [-0.39, 0.29) is 15.8 Å². The average Bonchev–Trinajstić information content (AvgIpc) is 2.79. The Labute approximate surface area is 135 Å². The number of hydrogen-bond donors (Lipinski definition) is 1. The molecule has 2 aromatic rings. The Morgan fingerprint density at radius 2 is 2.10 bits per heavy atom. The predicted molar refractivity (Wildman–Crippen MR) is 85.0 cm³/mol. The van der Waals surface area contributed by atoms with Crippen LogP contribution in [0.15, 0.2) is 32.5 Å². The van der Waals surface area contributed by atoms with Crippen molar-refractivity contribution in [2.45, 2.75) is 6.42 Å². The molecule has 2 rings (SSSR count). The second-order valence-electron chi connectivity index (χ2n) is 3.92. The highest BCUT2D eigenvalue weighted by molar-refractivity contribution is 9.11. The number of anilines is 1. The summed E-state index contributed by atoms with van der Waals surface area (Å²) in [6, 6.07) is 6.22. The highest BCUT2D eigenvalue weighted by Crippen LogP contribution is 2.30. The van der Waals surface area contributed by atoms with Crippen LogP contribution in [0.25, 0.3) is 0 Å². The van der Waals surface area contributed by atoms with Gasteiger partial charge in [0.2, 0.25) is 0 Å². The quantitative estimate of drug-likeness (QED) is 0.545. The number of rotatable bonds is 5. The largest absolute Gasteiger partial charge is 0.379 e. The van der Waals surface area contributed by atoms with Crippen LogP contribution < -0.4 is 5.32 Å². The summed E-state index contributed by atoms with van der Waals surface area (Å²) in [6.07, 6.45) is 0.713. The highest BCUT2D eigenvalue weighted by Gasteiger charge is 2.17. The average molecular weight is 424 g/mol. The molecule has 106 valence electrons. The SMILES string of the molecule is O=[N+]([O-])c1cc(Br)c(F)cc1NCCc1ccc(Br)s1. The van der Waals surface area contributed by atoms with E-state index >= 15 is 0 Å². The number of nitro benzene ring substituents is 1. The fourth-order valence-electron chi connectivity index (χ4n) is 1.64. The molecular weight excluding hydrogens is 415 g/mol. The van der Waals surface area contributed by atoms with Crippen LogP contribution in [0.4, 0.5) is 15.8 Å². The van der Waals surface area contributed by atoms with E-state index in [1.165, 1.54) is 6.07 Å². The molecule has 0 unspecified atom stereocenters. The van der Waals surface area contributed by atoms with Crippen molar-refractivity contribution in [3.63, 3.8) is 0 Å². The summed E-state index contributed by atoms with van der Waals surface area (Å²) in [6.45, 7) is 0.495. The second kappa shape index (κ2) is 6.64. The molecule has 0 atom stereocenters. The molecule has 0 aliphatic heterocycles. The van der Waals surface area contributed by atoms with E-state index < -0.39 is 10.7 Å².